The van der Waals surface area contributed by atoms with Crippen LogP contribution in [-0.2, 0) is 4.79 Å². The number of rotatable bonds is 4. The molecule has 2 amide bonds. The summed E-state index contributed by atoms with van der Waals surface area (Å²) in [6.07, 6.45) is 0. The van der Waals surface area contributed by atoms with Gasteiger partial charge >= 0.3 is 0 Å². The molecule has 1 aromatic carbocycles. The van der Waals surface area contributed by atoms with Gasteiger partial charge in [0.25, 0.3) is 5.91 Å². The van der Waals surface area contributed by atoms with Crippen LogP contribution in [0.5, 0.6) is 0 Å². The minimum absolute atomic E-state index is 0.0304. The zero-order valence-electron chi connectivity index (χ0n) is 14.2. The minimum Gasteiger partial charge on any atom is -0.332 e. The van der Waals surface area contributed by atoms with Crippen LogP contribution in [-0.4, -0.2) is 30.3 Å². The monoisotopic (exact) mass is 330 g/mol. The number of carbonyl (C=O) groups excluding carboxylic acids is 2. The fraction of sp³-hybridized carbons (Fsp3) is 0.333. The van der Waals surface area contributed by atoms with E-state index in [9.17, 15) is 9.59 Å². The van der Waals surface area contributed by atoms with Crippen molar-refractivity contribution >= 4 is 28.8 Å². The number of nitrogens with one attached hydrogen (secondary N) is 1. The fourth-order valence-corrected chi connectivity index (χ4v) is 3.37. The van der Waals surface area contributed by atoms with E-state index in [-0.39, 0.29) is 18.4 Å². The highest BCUT2D eigenvalue weighted by molar-refractivity contribution is 7.14. The fourth-order valence-electron chi connectivity index (χ4n) is 2.34. The van der Waals surface area contributed by atoms with Crippen molar-refractivity contribution < 1.29 is 9.59 Å². The highest BCUT2D eigenvalue weighted by Gasteiger charge is 2.18. The normalized spacial score (nSPS) is 10.5. The first-order chi connectivity index (χ1) is 10.8. The van der Waals surface area contributed by atoms with E-state index in [1.165, 1.54) is 16.2 Å². The van der Waals surface area contributed by atoms with E-state index in [0.717, 1.165) is 27.3 Å². The molecule has 4 nitrogen and oxygen atoms in total. The molecule has 0 fully saturated rings. The van der Waals surface area contributed by atoms with Crippen molar-refractivity contribution in [1.82, 2.24) is 4.90 Å². The third kappa shape index (κ3) is 3.99. The maximum Gasteiger partial charge on any atom is 0.264 e. The Labute approximate surface area is 141 Å². The highest BCUT2D eigenvalue weighted by Crippen LogP contribution is 2.22. The van der Waals surface area contributed by atoms with Crippen molar-refractivity contribution in [1.29, 1.82) is 0 Å². The van der Waals surface area contributed by atoms with Gasteiger partial charge in [-0.2, -0.15) is 0 Å². The van der Waals surface area contributed by atoms with E-state index in [1.54, 1.807) is 7.05 Å². The smallest absolute Gasteiger partial charge is 0.264 e. The van der Waals surface area contributed by atoms with Gasteiger partial charge in [-0.1, -0.05) is 18.2 Å². The van der Waals surface area contributed by atoms with Gasteiger partial charge in [-0.05, 0) is 50.5 Å². The van der Waals surface area contributed by atoms with Crippen LogP contribution < -0.4 is 5.32 Å². The molecule has 2 rings (SSSR count). The molecule has 0 aliphatic heterocycles. The summed E-state index contributed by atoms with van der Waals surface area (Å²) in [5.41, 5.74) is 3.95. The van der Waals surface area contributed by atoms with Crippen LogP contribution in [0.1, 0.15) is 31.2 Å². The Morgan fingerprint density at radius 1 is 1.09 bits per heavy atom. The van der Waals surface area contributed by atoms with Gasteiger partial charge in [0.05, 0.1) is 11.4 Å². The first-order valence-corrected chi connectivity index (χ1v) is 8.29. The summed E-state index contributed by atoms with van der Waals surface area (Å²) in [6.45, 7) is 7.91. The number of anilines is 1. The second kappa shape index (κ2) is 6.96. The number of thiophene rings is 1. The molecule has 0 saturated heterocycles. The number of hydrogen-bond acceptors (Lipinski definition) is 3. The number of para-hydroxylation sites is 1. The summed E-state index contributed by atoms with van der Waals surface area (Å²) in [5.74, 6) is -0.314. The molecule has 23 heavy (non-hydrogen) atoms. The quantitative estimate of drug-likeness (QED) is 0.929. The number of benzene rings is 1. The third-order valence-electron chi connectivity index (χ3n) is 3.85. The Morgan fingerprint density at radius 3 is 2.22 bits per heavy atom. The molecule has 1 aromatic heterocycles. The lowest BCUT2D eigenvalue weighted by molar-refractivity contribution is -0.116. The van der Waals surface area contributed by atoms with Crippen LogP contribution in [0.3, 0.4) is 0 Å². The number of hydrogen-bond donors (Lipinski definition) is 1. The Kier molecular flexibility index (Phi) is 5.21. The van der Waals surface area contributed by atoms with Crippen molar-refractivity contribution in [2.24, 2.45) is 0 Å². The number of nitrogens with zero attached hydrogens (tertiary/aromatic N) is 1. The summed E-state index contributed by atoms with van der Waals surface area (Å²) in [6, 6.07) is 7.74. The van der Waals surface area contributed by atoms with Crippen molar-refractivity contribution in [3.8, 4) is 0 Å². The molecule has 1 N–H and O–H groups in total. The molecule has 0 atom stereocenters. The largest absolute Gasteiger partial charge is 0.332 e. The Bertz CT molecular complexity index is 710. The average molecular weight is 330 g/mol. The van der Waals surface area contributed by atoms with Crippen LogP contribution in [0.2, 0.25) is 0 Å². The molecule has 0 spiro atoms. The predicted octanol–water partition coefficient (Wildman–Crippen LogP) is 3.69. The maximum absolute atomic E-state index is 12.4. The van der Waals surface area contributed by atoms with Crippen molar-refractivity contribution in [2.45, 2.75) is 27.7 Å². The van der Waals surface area contributed by atoms with Crippen LogP contribution >= 0.6 is 11.3 Å². The first kappa shape index (κ1) is 17.2. The first-order valence-electron chi connectivity index (χ1n) is 7.48. The molecule has 0 bridgehead atoms. The lowest BCUT2D eigenvalue weighted by Gasteiger charge is -2.17. The van der Waals surface area contributed by atoms with Gasteiger partial charge in [-0.25, -0.2) is 0 Å². The maximum atomic E-state index is 12.4. The van der Waals surface area contributed by atoms with Gasteiger partial charge in [0, 0.05) is 17.6 Å². The molecule has 0 unspecified atom stereocenters. The number of amides is 2. The highest BCUT2D eigenvalue weighted by atomic mass is 32.1. The summed E-state index contributed by atoms with van der Waals surface area (Å²) in [4.78, 5) is 27.9. The Balaban J connectivity index is 2.03. The van der Waals surface area contributed by atoms with Crippen LogP contribution in [0.15, 0.2) is 24.3 Å². The van der Waals surface area contributed by atoms with E-state index < -0.39 is 0 Å². The van der Waals surface area contributed by atoms with Gasteiger partial charge in [0.1, 0.15) is 0 Å². The summed E-state index contributed by atoms with van der Waals surface area (Å²) >= 11 is 1.46. The second-order valence-corrected chi connectivity index (χ2v) is 7.08. The standard InChI is InChI=1S/C18H22N2O2S/c1-11-7-6-8-12(2)17(11)19-16(21)10-20(5)18(22)15-9-13(3)14(4)23-15/h6-9H,10H2,1-5H3,(H,19,21). The van der Waals surface area contributed by atoms with Gasteiger partial charge in [0.2, 0.25) is 5.91 Å². The molecule has 0 radical (unpaired) electrons. The van der Waals surface area contributed by atoms with Gasteiger partial charge in [-0.15, -0.1) is 11.3 Å². The van der Waals surface area contributed by atoms with Gasteiger partial charge in [-0.3, -0.25) is 9.59 Å². The minimum atomic E-state index is -0.191. The van der Waals surface area contributed by atoms with Crippen molar-refractivity contribution in [3.63, 3.8) is 0 Å². The molecular formula is C18H22N2O2S. The molecule has 122 valence electrons. The number of carbonyl (C=O) groups is 2. The summed E-state index contributed by atoms with van der Waals surface area (Å²) in [7, 11) is 1.65. The lowest BCUT2D eigenvalue weighted by Crippen LogP contribution is -2.34. The zero-order chi connectivity index (χ0) is 17.1. The number of likely N-dealkylation sites (N-methyl/N-ethyl adjacent to an activating group) is 1. The van der Waals surface area contributed by atoms with Gasteiger partial charge < -0.3 is 10.2 Å². The van der Waals surface area contributed by atoms with E-state index in [0.29, 0.717) is 4.88 Å². The molecule has 5 heteroatoms. The van der Waals surface area contributed by atoms with Crippen molar-refractivity contribution in [2.75, 3.05) is 18.9 Å². The summed E-state index contributed by atoms with van der Waals surface area (Å²) < 4.78 is 0. The molecule has 1 heterocycles. The summed E-state index contributed by atoms with van der Waals surface area (Å²) in [5, 5.41) is 2.90. The number of aryl methyl sites for hydroxylation is 4. The van der Waals surface area contributed by atoms with Crippen LogP contribution in [0, 0.1) is 27.7 Å². The van der Waals surface area contributed by atoms with E-state index >= 15 is 0 Å². The Morgan fingerprint density at radius 2 is 1.70 bits per heavy atom. The zero-order valence-corrected chi connectivity index (χ0v) is 15.0. The van der Waals surface area contributed by atoms with Crippen molar-refractivity contribution in [3.05, 3.63) is 50.7 Å². The third-order valence-corrected chi connectivity index (χ3v) is 4.99. The lowest BCUT2D eigenvalue weighted by atomic mass is 10.1. The molecule has 0 aliphatic carbocycles. The second-order valence-electron chi connectivity index (χ2n) is 5.83. The molecule has 0 aliphatic rings. The SMILES string of the molecule is Cc1cc(C(=O)N(C)CC(=O)Nc2c(C)cccc2C)sc1C. The van der Waals surface area contributed by atoms with Crippen LogP contribution in [0.4, 0.5) is 5.69 Å². The van der Waals surface area contributed by atoms with Crippen LogP contribution in [0.25, 0.3) is 0 Å². The topological polar surface area (TPSA) is 49.4 Å². The predicted molar refractivity (Wildman–Crippen MR) is 95.3 cm³/mol. The Hall–Kier alpha value is -2.14. The molecule has 0 saturated carbocycles. The molecule has 2 aromatic rings. The van der Waals surface area contributed by atoms with E-state index in [2.05, 4.69) is 5.32 Å². The molecular weight excluding hydrogens is 308 g/mol. The van der Waals surface area contributed by atoms with E-state index in [1.807, 2.05) is 52.0 Å². The average Bonchev–Trinajstić information content (AvgIpc) is 2.82. The van der Waals surface area contributed by atoms with E-state index in [4.69, 9.17) is 0 Å². The van der Waals surface area contributed by atoms with Gasteiger partial charge in [0.15, 0.2) is 0 Å².